The van der Waals surface area contributed by atoms with Crippen molar-refractivity contribution in [2.24, 2.45) is 0 Å². The van der Waals surface area contributed by atoms with Crippen molar-refractivity contribution in [1.29, 1.82) is 0 Å². The first-order chi connectivity index (χ1) is 1.91. The molecular weight excluding hydrogens is 72.8 g/mol. The fourth-order valence-electron chi connectivity index (χ4n) is 0. The Labute approximate surface area is 29.5 Å². The summed E-state index contributed by atoms with van der Waals surface area (Å²) in [7, 11) is -0.181. The van der Waals surface area contributed by atoms with E-state index < -0.39 is 0 Å². The molecule has 0 radical (unpaired) electrons. The van der Waals surface area contributed by atoms with Crippen molar-refractivity contribution < 1.29 is 14.8 Å². The van der Waals surface area contributed by atoms with Gasteiger partial charge in [-0.05, 0) is 0 Å². The van der Waals surface area contributed by atoms with E-state index in [9.17, 15) is 0 Å². The van der Waals surface area contributed by atoms with Crippen LogP contribution < -0.4 is 11.4 Å². The molecule has 0 aliphatic heterocycles. The van der Waals surface area contributed by atoms with Crippen molar-refractivity contribution in [2.75, 3.05) is 0 Å². The van der Waals surface area contributed by atoms with Gasteiger partial charge in [-0.3, -0.25) is 0 Å². The number of hydrogen-bond acceptors (Lipinski definition) is 3. The molecule has 4 N–H and O–H groups in total. The molecule has 0 aromatic carbocycles. The van der Waals surface area contributed by atoms with E-state index in [2.05, 4.69) is 4.81 Å². The van der Waals surface area contributed by atoms with Crippen molar-refractivity contribution in [1.82, 2.24) is 6.15 Å². The second kappa shape index (κ2) is 9.54. The second-order valence-electron chi connectivity index (χ2n) is 0.192. The van der Waals surface area contributed by atoms with E-state index in [1.54, 1.807) is 0 Å². The van der Waals surface area contributed by atoms with Gasteiger partial charge in [0.2, 0.25) is 0 Å². The molecule has 0 unspecified atom stereocenters. The smallest absolute Gasteiger partial charge is 0.369 e. The average Bonchev–Trinajstić information content (AvgIpc) is 1.37. The minimum Gasteiger partial charge on any atom is -0.369 e. The Morgan fingerprint density at radius 3 is 2.00 bits per heavy atom. The molecule has 0 bridgehead atoms. The third-order valence-electron chi connectivity index (χ3n) is 0.0393. The van der Waals surface area contributed by atoms with Crippen LogP contribution in [0.2, 0.25) is 0 Å². The molecule has 0 aromatic heterocycles. The Bertz CT molecular complexity index is 20.9. The predicted molar refractivity (Wildman–Crippen MR) is 13.5 cm³/mol. The Balaban J connectivity index is 0. The molecule has 0 fully saturated rings. The normalized spacial score (nSPS) is 3.40. The zero-order chi connectivity index (χ0) is 3.41. The molecule has 0 amide bonds. The molecule has 30 valence electrons. The van der Waals surface area contributed by atoms with Crippen molar-refractivity contribution in [2.45, 2.75) is 0 Å². The van der Waals surface area contributed by atoms with E-state index in [1.807, 2.05) is 0 Å². The summed E-state index contributed by atoms with van der Waals surface area (Å²) in [4.78, 5) is 2.61. The summed E-state index contributed by atoms with van der Waals surface area (Å²) in [5.74, 6) is 0. The van der Waals surface area contributed by atoms with Crippen LogP contribution in [0.25, 0.3) is 0 Å². The van der Waals surface area contributed by atoms with Crippen LogP contribution in [0.4, 0.5) is 0 Å². The molecule has 0 atom stereocenters. The molecule has 0 saturated heterocycles. The van der Waals surface area contributed by atoms with E-state index in [4.69, 9.17) is 9.96 Å². The number of rotatable bonds is 1. The van der Waals surface area contributed by atoms with Crippen LogP contribution in [0.5, 0.6) is 0 Å². The molecular formula is H4BNO3. The van der Waals surface area contributed by atoms with Crippen LogP contribution in [0, 0.1) is 0 Å². The average molecular weight is 76.8 g/mol. The summed E-state index contributed by atoms with van der Waals surface area (Å²) in [5.41, 5.74) is 0. The van der Waals surface area contributed by atoms with Gasteiger partial charge in [-0.1, -0.05) is 0 Å². The fourth-order valence-corrected chi connectivity index (χ4v) is 0. The predicted octanol–water partition coefficient (Wildman–Crippen LogP) is -1.38. The van der Waals surface area contributed by atoms with Gasteiger partial charge in [0.1, 0.15) is 0 Å². The first-order valence-corrected chi connectivity index (χ1v) is 0.638. The van der Waals surface area contributed by atoms with Gasteiger partial charge in [0.05, 0.1) is 0 Å². The van der Waals surface area contributed by atoms with Crippen molar-refractivity contribution in [3.8, 4) is 0 Å². The molecule has 5 heavy (non-hydrogen) atoms. The zero-order valence-electron chi connectivity index (χ0n) is 2.80. The molecule has 0 heterocycles. The fraction of sp³-hybridized carbons (Fsp3) is 0. The second-order valence-corrected chi connectivity index (χ2v) is 0.192. The molecule has 0 aliphatic carbocycles. The van der Waals surface area contributed by atoms with Crippen molar-refractivity contribution in [3.05, 3.63) is 0 Å². The largest absolute Gasteiger partial charge is 0.369 e. The molecule has 0 rings (SSSR count). The maximum atomic E-state index is 8.64. The summed E-state index contributed by atoms with van der Waals surface area (Å²) in [6.07, 6.45) is 0. The third-order valence-corrected chi connectivity index (χ3v) is 0.0393. The Hall–Kier alpha value is -0.415. The van der Waals surface area contributed by atoms with Crippen LogP contribution >= 0.6 is 0 Å². The van der Waals surface area contributed by atoms with Crippen molar-refractivity contribution >= 4 is 7.35 Å². The van der Waals surface area contributed by atoms with Gasteiger partial charge < -0.3 is 6.15 Å². The van der Waals surface area contributed by atoms with Gasteiger partial charge in [-0.15, -0.1) is 0 Å². The third kappa shape index (κ3) is 26.3. The molecule has 5 heteroatoms. The van der Waals surface area contributed by atoms with E-state index in [0.717, 1.165) is 0 Å². The molecule has 0 aromatic rings. The van der Waals surface area contributed by atoms with Gasteiger partial charge in [0, 0.05) is 0 Å². The molecule has 0 aliphatic rings. The zero-order valence-corrected chi connectivity index (χ0v) is 2.80. The summed E-state index contributed by atoms with van der Waals surface area (Å²) < 4.78 is 8.64. The van der Waals surface area contributed by atoms with Crippen LogP contribution in [0.1, 0.15) is 0 Å². The molecule has 4 nitrogen and oxygen atoms in total. The van der Waals surface area contributed by atoms with Gasteiger partial charge in [0.25, 0.3) is 0 Å². The molecule has 0 spiro atoms. The van der Waals surface area contributed by atoms with Crippen molar-refractivity contribution in [3.63, 3.8) is 0 Å². The standard InChI is InChI=1S/BHO3.H3N/c2-1-4-3;/h3H;1H3. The number of hydrogen-bond donors (Lipinski definition) is 1. The van der Waals surface area contributed by atoms with E-state index in [1.165, 1.54) is 0 Å². The van der Waals surface area contributed by atoms with Crippen LogP contribution in [0.3, 0.4) is 0 Å². The maximum Gasteiger partial charge on any atom is -0.369 e. The summed E-state index contributed by atoms with van der Waals surface area (Å²) in [6, 6.07) is 0. The van der Waals surface area contributed by atoms with Crippen LogP contribution in [0.15, 0.2) is 0 Å². The Kier molecular flexibility index (Phi) is 16.8. The summed E-state index contributed by atoms with van der Waals surface area (Å²) in [5, 5.41) is 8.43. The minimum absolute atomic E-state index is 0. The van der Waals surface area contributed by atoms with Gasteiger partial charge >= 0.3 is 22.1 Å². The SMILES string of the molecule is O=BO[O-].[NH4+]. The maximum absolute atomic E-state index is 8.64. The summed E-state index contributed by atoms with van der Waals surface area (Å²) in [6.45, 7) is 0. The Morgan fingerprint density at radius 1 is 1.80 bits per heavy atom. The van der Waals surface area contributed by atoms with Crippen LogP contribution in [-0.4, -0.2) is 7.35 Å². The molecule has 0 saturated carbocycles. The Morgan fingerprint density at radius 2 is 2.00 bits per heavy atom. The minimum atomic E-state index is -0.181. The van der Waals surface area contributed by atoms with E-state index in [0.29, 0.717) is 0 Å². The van der Waals surface area contributed by atoms with Gasteiger partial charge in [-0.2, -0.15) is 0 Å². The van der Waals surface area contributed by atoms with Gasteiger partial charge in [0.15, 0.2) is 0 Å². The quantitative estimate of drug-likeness (QED) is 0.237. The summed E-state index contributed by atoms with van der Waals surface area (Å²) >= 11 is 0. The van der Waals surface area contributed by atoms with Gasteiger partial charge in [-0.25, -0.2) is 0 Å². The first kappa shape index (κ1) is 8.82. The van der Waals surface area contributed by atoms with E-state index in [-0.39, 0.29) is 13.5 Å². The monoisotopic (exact) mass is 77.0 g/mol. The first-order valence-electron chi connectivity index (χ1n) is 0.638. The van der Waals surface area contributed by atoms with E-state index >= 15 is 0 Å². The van der Waals surface area contributed by atoms with Crippen LogP contribution in [-0.2, 0) is 9.51 Å². The topological polar surface area (TPSA) is 85.9 Å². The number of quaternary nitrogens is 1.